The minimum Gasteiger partial charge on any atom is -0.478 e. The number of carboxylic acid groups (broad SMARTS) is 1. The third-order valence-electron chi connectivity index (χ3n) is 1.80. The summed E-state index contributed by atoms with van der Waals surface area (Å²) in [5.41, 5.74) is -0.159. The van der Waals surface area contributed by atoms with Gasteiger partial charge >= 0.3 is 5.97 Å². The lowest BCUT2D eigenvalue weighted by molar-refractivity contribution is 0.0698. The molecule has 0 amide bonds. The first kappa shape index (κ1) is 9.42. The molecule has 0 saturated heterocycles. The number of thiophene rings is 1. The molecule has 0 radical (unpaired) electrons. The maximum absolute atomic E-state index is 11.3. The summed E-state index contributed by atoms with van der Waals surface area (Å²) in [6, 6.07) is 0. The number of carbonyl (C=O) groups is 1. The van der Waals surface area contributed by atoms with Crippen molar-refractivity contribution in [2.45, 2.75) is 0 Å². The number of nitrogens with one attached hydrogen (secondary N) is 1. The Morgan fingerprint density at radius 2 is 2.29 bits per heavy atom. The standard InChI is InChI=1S/C8H4BrNO3S/c9-4-2-14-6-5(4)3(8(12)13)1-10-7(6)11/h1-2H,(H,10,11)(H,12,13). The Kier molecular flexibility index (Phi) is 2.16. The van der Waals surface area contributed by atoms with Crippen LogP contribution in [0, 0.1) is 0 Å². The van der Waals surface area contributed by atoms with E-state index in [9.17, 15) is 9.59 Å². The van der Waals surface area contributed by atoms with Crippen molar-refractivity contribution in [1.82, 2.24) is 4.98 Å². The van der Waals surface area contributed by atoms with Crippen molar-refractivity contribution in [2.75, 3.05) is 0 Å². The number of carboxylic acids is 1. The Morgan fingerprint density at radius 1 is 1.57 bits per heavy atom. The molecule has 0 saturated carbocycles. The van der Waals surface area contributed by atoms with Gasteiger partial charge in [0, 0.05) is 21.4 Å². The minimum atomic E-state index is -1.05. The lowest BCUT2D eigenvalue weighted by atomic mass is 10.2. The van der Waals surface area contributed by atoms with Gasteiger partial charge in [-0.3, -0.25) is 4.79 Å². The van der Waals surface area contributed by atoms with E-state index in [1.54, 1.807) is 5.38 Å². The number of pyridine rings is 1. The SMILES string of the molecule is O=C(O)c1c[nH]c(=O)c2scc(Br)c12. The number of aromatic amines is 1. The molecule has 2 aromatic heterocycles. The van der Waals surface area contributed by atoms with E-state index in [1.807, 2.05) is 0 Å². The quantitative estimate of drug-likeness (QED) is 0.836. The van der Waals surface area contributed by atoms with Gasteiger partial charge in [0.15, 0.2) is 0 Å². The monoisotopic (exact) mass is 273 g/mol. The van der Waals surface area contributed by atoms with Gasteiger partial charge in [-0.15, -0.1) is 11.3 Å². The number of aromatic carboxylic acids is 1. The predicted octanol–water partition coefficient (Wildman–Crippen LogP) is 2.05. The summed E-state index contributed by atoms with van der Waals surface area (Å²) in [5, 5.41) is 11.0. The highest BCUT2D eigenvalue weighted by Gasteiger charge is 2.14. The van der Waals surface area contributed by atoms with Crippen molar-refractivity contribution in [2.24, 2.45) is 0 Å². The average molecular weight is 274 g/mol. The highest BCUT2D eigenvalue weighted by molar-refractivity contribution is 9.10. The van der Waals surface area contributed by atoms with Crippen LogP contribution >= 0.6 is 27.3 Å². The van der Waals surface area contributed by atoms with E-state index in [2.05, 4.69) is 20.9 Å². The van der Waals surface area contributed by atoms with E-state index in [0.29, 0.717) is 14.6 Å². The first-order chi connectivity index (χ1) is 6.61. The molecule has 0 atom stereocenters. The topological polar surface area (TPSA) is 70.2 Å². The minimum absolute atomic E-state index is 0.104. The number of fused-ring (bicyclic) bond motifs is 1. The van der Waals surface area contributed by atoms with Gasteiger partial charge in [-0.25, -0.2) is 4.79 Å². The van der Waals surface area contributed by atoms with Crippen molar-refractivity contribution in [3.05, 3.63) is 32.0 Å². The molecule has 72 valence electrons. The molecule has 0 aromatic carbocycles. The zero-order valence-electron chi connectivity index (χ0n) is 6.70. The van der Waals surface area contributed by atoms with E-state index in [-0.39, 0.29) is 11.1 Å². The Bertz CT molecular complexity index is 571. The van der Waals surface area contributed by atoms with Crippen LogP contribution in [0.25, 0.3) is 10.1 Å². The molecule has 0 fully saturated rings. The molecular formula is C8H4BrNO3S. The van der Waals surface area contributed by atoms with Crippen LogP contribution < -0.4 is 5.56 Å². The zero-order valence-corrected chi connectivity index (χ0v) is 9.11. The van der Waals surface area contributed by atoms with Gasteiger partial charge in [0.2, 0.25) is 0 Å². The van der Waals surface area contributed by atoms with Gasteiger partial charge in [0.25, 0.3) is 5.56 Å². The van der Waals surface area contributed by atoms with Crippen LogP contribution in [0.4, 0.5) is 0 Å². The van der Waals surface area contributed by atoms with Crippen LogP contribution in [0.15, 0.2) is 20.8 Å². The number of H-pyrrole nitrogens is 1. The van der Waals surface area contributed by atoms with E-state index >= 15 is 0 Å². The largest absolute Gasteiger partial charge is 0.478 e. The van der Waals surface area contributed by atoms with E-state index in [1.165, 1.54) is 17.5 Å². The fourth-order valence-corrected chi connectivity index (χ4v) is 2.87. The molecule has 2 rings (SSSR count). The van der Waals surface area contributed by atoms with Crippen molar-refractivity contribution >= 4 is 43.3 Å². The Balaban J connectivity index is 3.00. The number of hydrogen-bond donors (Lipinski definition) is 2. The fraction of sp³-hybridized carbons (Fsp3) is 0. The molecular weight excluding hydrogens is 270 g/mol. The second kappa shape index (κ2) is 3.21. The second-order valence-corrected chi connectivity index (χ2v) is 4.36. The molecule has 14 heavy (non-hydrogen) atoms. The van der Waals surface area contributed by atoms with Crippen molar-refractivity contribution in [3.63, 3.8) is 0 Å². The summed E-state index contributed by atoms with van der Waals surface area (Å²) in [5.74, 6) is -1.05. The molecule has 0 bridgehead atoms. The summed E-state index contributed by atoms with van der Waals surface area (Å²) in [6.07, 6.45) is 1.21. The first-order valence-electron chi connectivity index (χ1n) is 3.63. The van der Waals surface area contributed by atoms with Crippen molar-refractivity contribution < 1.29 is 9.90 Å². The third kappa shape index (κ3) is 1.27. The van der Waals surface area contributed by atoms with Gasteiger partial charge in [0.1, 0.15) is 4.70 Å². The highest BCUT2D eigenvalue weighted by atomic mass is 79.9. The molecule has 6 heteroatoms. The van der Waals surface area contributed by atoms with Crippen LogP contribution in [0.2, 0.25) is 0 Å². The average Bonchev–Trinajstić information content (AvgIpc) is 2.50. The van der Waals surface area contributed by atoms with Gasteiger partial charge in [-0.05, 0) is 15.9 Å². The maximum Gasteiger partial charge on any atom is 0.337 e. The lowest BCUT2D eigenvalue weighted by Gasteiger charge is -1.96. The molecule has 2 aromatic rings. The molecule has 0 aliphatic carbocycles. The molecule has 2 heterocycles. The van der Waals surface area contributed by atoms with Gasteiger partial charge in [-0.1, -0.05) is 0 Å². The van der Waals surface area contributed by atoms with Crippen LogP contribution in [0.3, 0.4) is 0 Å². The van der Waals surface area contributed by atoms with Crippen LogP contribution in [0.1, 0.15) is 10.4 Å². The summed E-state index contributed by atoms with van der Waals surface area (Å²) in [7, 11) is 0. The molecule has 2 N–H and O–H groups in total. The van der Waals surface area contributed by atoms with Crippen molar-refractivity contribution in [1.29, 1.82) is 0 Å². The zero-order chi connectivity index (χ0) is 10.3. The van der Waals surface area contributed by atoms with Crippen LogP contribution in [0.5, 0.6) is 0 Å². The Labute approximate surface area is 90.3 Å². The molecule has 0 spiro atoms. The van der Waals surface area contributed by atoms with Gasteiger partial charge < -0.3 is 10.1 Å². The van der Waals surface area contributed by atoms with E-state index in [0.717, 1.165) is 0 Å². The lowest BCUT2D eigenvalue weighted by Crippen LogP contribution is -2.08. The van der Waals surface area contributed by atoms with Gasteiger partial charge in [0.05, 0.1) is 5.56 Å². The summed E-state index contributed by atoms with van der Waals surface area (Å²) >= 11 is 4.43. The van der Waals surface area contributed by atoms with Crippen molar-refractivity contribution in [3.8, 4) is 0 Å². The maximum atomic E-state index is 11.3. The Hall–Kier alpha value is -1.14. The smallest absolute Gasteiger partial charge is 0.337 e. The summed E-state index contributed by atoms with van der Waals surface area (Å²) in [4.78, 5) is 24.5. The number of halogens is 1. The Morgan fingerprint density at radius 3 is 2.93 bits per heavy atom. The number of hydrogen-bond acceptors (Lipinski definition) is 3. The van der Waals surface area contributed by atoms with Gasteiger partial charge in [-0.2, -0.15) is 0 Å². The first-order valence-corrected chi connectivity index (χ1v) is 5.30. The second-order valence-electron chi connectivity index (χ2n) is 2.62. The molecule has 0 unspecified atom stereocenters. The number of aromatic nitrogens is 1. The summed E-state index contributed by atoms with van der Waals surface area (Å²) in [6.45, 7) is 0. The fourth-order valence-electron chi connectivity index (χ4n) is 1.20. The molecule has 4 nitrogen and oxygen atoms in total. The molecule has 0 aliphatic rings. The van der Waals surface area contributed by atoms with Crippen LogP contribution in [-0.4, -0.2) is 16.1 Å². The number of rotatable bonds is 1. The molecule has 0 aliphatic heterocycles. The normalized spacial score (nSPS) is 10.6. The summed E-state index contributed by atoms with van der Waals surface area (Å²) < 4.78 is 1.07. The van der Waals surface area contributed by atoms with E-state index < -0.39 is 5.97 Å². The van der Waals surface area contributed by atoms with E-state index in [4.69, 9.17) is 5.11 Å². The van der Waals surface area contributed by atoms with Crippen LogP contribution in [-0.2, 0) is 0 Å². The highest BCUT2D eigenvalue weighted by Crippen LogP contribution is 2.30. The predicted molar refractivity (Wildman–Crippen MR) is 57.1 cm³/mol. The third-order valence-corrected chi connectivity index (χ3v) is 3.71.